The highest BCUT2D eigenvalue weighted by Gasteiger charge is 2.30. The molecule has 0 aromatic heterocycles. The molecule has 3 N–H and O–H groups in total. The summed E-state index contributed by atoms with van der Waals surface area (Å²) in [6, 6.07) is 0. The molecule has 12 heavy (non-hydrogen) atoms. The molecule has 3 unspecified atom stereocenters. The molecule has 3 atom stereocenters. The first kappa shape index (κ1) is 9.92. The smallest absolute Gasteiger partial charge is 0.107 e. The normalized spacial score (nSPS) is 36.8. The Labute approximate surface area is 72.5 Å². The summed E-state index contributed by atoms with van der Waals surface area (Å²) >= 11 is 0. The van der Waals surface area contributed by atoms with Crippen molar-refractivity contribution in [2.45, 2.75) is 31.7 Å². The molecule has 1 rings (SSSR count). The number of nitrogens with one attached hydrogen (secondary N) is 1. The van der Waals surface area contributed by atoms with Crippen LogP contribution in [0.25, 0.3) is 0 Å². The Hall–Kier alpha value is -0.160. The predicted octanol–water partition coefficient (Wildman–Crippen LogP) is -0.893. The maximum atomic E-state index is 9.45. The van der Waals surface area contributed by atoms with Crippen molar-refractivity contribution < 1.29 is 14.9 Å². The van der Waals surface area contributed by atoms with E-state index < -0.39 is 12.2 Å². The van der Waals surface area contributed by atoms with E-state index in [2.05, 4.69) is 5.32 Å². The van der Waals surface area contributed by atoms with Crippen molar-refractivity contribution in [3.05, 3.63) is 0 Å². The first-order valence-electron chi connectivity index (χ1n) is 4.44. The van der Waals surface area contributed by atoms with Gasteiger partial charge in [0, 0.05) is 13.2 Å². The summed E-state index contributed by atoms with van der Waals surface area (Å²) in [5, 5.41) is 21.8. The van der Waals surface area contributed by atoms with E-state index >= 15 is 0 Å². The number of aliphatic hydroxyl groups is 2. The molecular formula is C8H17NO3. The van der Waals surface area contributed by atoms with Crippen molar-refractivity contribution in [3.63, 3.8) is 0 Å². The number of aliphatic hydroxyl groups excluding tert-OH is 2. The molecule has 1 aliphatic rings. The van der Waals surface area contributed by atoms with Crippen molar-refractivity contribution in [1.29, 1.82) is 0 Å². The van der Waals surface area contributed by atoms with Gasteiger partial charge in [-0.1, -0.05) is 6.92 Å². The van der Waals surface area contributed by atoms with Crippen LogP contribution < -0.4 is 5.32 Å². The summed E-state index contributed by atoms with van der Waals surface area (Å²) in [5.74, 6) is 0. The van der Waals surface area contributed by atoms with Gasteiger partial charge in [0.05, 0.1) is 12.2 Å². The first-order valence-corrected chi connectivity index (χ1v) is 4.44. The molecule has 0 bridgehead atoms. The van der Waals surface area contributed by atoms with Crippen molar-refractivity contribution in [2.75, 3.05) is 19.7 Å². The molecule has 4 heteroatoms. The molecule has 0 saturated carbocycles. The highest BCUT2D eigenvalue weighted by molar-refractivity contribution is 4.81. The van der Waals surface area contributed by atoms with Gasteiger partial charge in [-0.15, -0.1) is 0 Å². The highest BCUT2D eigenvalue weighted by Crippen LogP contribution is 2.13. The Balaban J connectivity index is 2.30. The Kier molecular flexibility index (Phi) is 3.94. The maximum Gasteiger partial charge on any atom is 0.107 e. The van der Waals surface area contributed by atoms with E-state index in [9.17, 15) is 10.2 Å². The molecule has 0 aromatic carbocycles. The lowest BCUT2D eigenvalue weighted by Crippen LogP contribution is -2.49. The Morgan fingerprint density at radius 3 is 2.92 bits per heavy atom. The molecule has 0 spiro atoms. The Morgan fingerprint density at radius 2 is 2.25 bits per heavy atom. The molecule has 1 heterocycles. The Bertz CT molecular complexity index is 131. The summed E-state index contributed by atoms with van der Waals surface area (Å²) in [4.78, 5) is 0. The zero-order valence-electron chi connectivity index (χ0n) is 7.36. The summed E-state index contributed by atoms with van der Waals surface area (Å²) in [6.07, 6.45) is -1.09. The van der Waals surface area contributed by atoms with Gasteiger partial charge >= 0.3 is 0 Å². The van der Waals surface area contributed by atoms with Crippen LogP contribution in [0.3, 0.4) is 0 Å². The van der Waals surface area contributed by atoms with Crippen LogP contribution in [0.5, 0.6) is 0 Å². The lowest BCUT2D eigenvalue weighted by atomic mass is 10.0. The monoisotopic (exact) mass is 175 g/mol. The van der Waals surface area contributed by atoms with Crippen LogP contribution in [-0.2, 0) is 4.74 Å². The minimum absolute atomic E-state index is 0.256. The average molecular weight is 175 g/mol. The van der Waals surface area contributed by atoms with E-state index in [-0.39, 0.29) is 6.10 Å². The summed E-state index contributed by atoms with van der Waals surface area (Å²) < 4.78 is 5.29. The van der Waals surface area contributed by atoms with Crippen LogP contribution in [0.4, 0.5) is 0 Å². The molecule has 0 amide bonds. The van der Waals surface area contributed by atoms with E-state index in [1.54, 1.807) is 0 Å². The Morgan fingerprint density at radius 1 is 1.50 bits per heavy atom. The van der Waals surface area contributed by atoms with Crippen molar-refractivity contribution in [3.8, 4) is 0 Å². The summed E-state index contributed by atoms with van der Waals surface area (Å²) in [6.45, 7) is 3.98. The number of hydrogen-bond acceptors (Lipinski definition) is 4. The van der Waals surface area contributed by atoms with Crippen molar-refractivity contribution in [1.82, 2.24) is 5.32 Å². The lowest BCUT2D eigenvalue weighted by Gasteiger charge is -2.32. The third-order valence-electron chi connectivity index (χ3n) is 2.12. The average Bonchev–Trinajstić information content (AvgIpc) is 2.08. The van der Waals surface area contributed by atoms with Gasteiger partial charge in [-0.25, -0.2) is 0 Å². The van der Waals surface area contributed by atoms with Crippen LogP contribution >= 0.6 is 0 Å². The SMILES string of the molecule is CCNCC1OCCC(O)C1O. The minimum Gasteiger partial charge on any atom is -0.390 e. The first-order chi connectivity index (χ1) is 5.75. The van der Waals surface area contributed by atoms with Crippen molar-refractivity contribution in [2.24, 2.45) is 0 Å². The van der Waals surface area contributed by atoms with Crippen LogP contribution in [-0.4, -0.2) is 48.2 Å². The second-order valence-electron chi connectivity index (χ2n) is 3.06. The molecule has 1 aliphatic heterocycles. The summed E-state index contributed by atoms with van der Waals surface area (Å²) in [7, 11) is 0. The maximum absolute atomic E-state index is 9.45. The molecule has 0 aromatic rings. The van der Waals surface area contributed by atoms with E-state index in [1.165, 1.54) is 0 Å². The molecule has 1 fully saturated rings. The number of rotatable bonds is 3. The highest BCUT2D eigenvalue weighted by atomic mass is 16.5. The van der Waals surface area contributed by atoms with Gasteiger partial charge in [0.15, 0.2) is 0 Å². The zero-order valence-corrected chi connectivity index (χ0v) is 7.36. The van der Waals surface area contributed by atoms with Crippen LogP contribution in [0.15, 0.2) is 0 Å². The number of likely N-dealkylation sites (N-methyl/N-ethyl adjacent to an activating group) is 1. The van der Waals surface area contributed by atoms with E-state index in [4.69, 9.17) is 4.74 Å². The number of hydrogen-bond donors (Lipinski definition) is 3. The van der Waals surface area contributed by atoms with Crippen LogP contribution in [0.1, 0.15) is 13.3 Å². The second-order valence-corrected chi connectivity index (χ2v) is 3.06. The van der Waals surface area contributed by atoms with Gasteiger partial charge in [0.2, 0.25) is 0 Å². The topological polar surface area (TPSA) is 61.7 Å². The van der Waals surface area contributed by atoms with Gasteiger partial charge in [-0.3, -0.25) is 0 Å². The zero-order chi connectivity index (χ0) is 8.97. The van der Waals surface area contributed by atoms with E-state index in [0.717, 1.165) is 6.54 Å². The standard InChI is InChI=1S/C8H17NO3/c1-2-9-5-7-8(11)6(10)3-4-12-7/h6-11H,2-5H2,1H3. The van der Waals surface area contributed by atoms with E-state index in [0.29, 0.717) is 19.6 Å². The van der Waals surface area contributed by atoms with Crippen LogP contribution in [0, 0.1) is 0 Å². The summed E-state index contributed by atoms with van der Waals surface area (Å²) in [5.41, 5.74) is 0. The quantitative estimate of drug-likeness (QED) is 0.520. The van der Waals surface area contributed by atoms with Crippen LogP contribution in [0.2, 0.25) is 0 Å². The van der Waals surface area contributed by atoms with Gasteiger partial charge < -0.3 is 20.3 Å². The molecule has 0 radical (unpaired) electrons. The molecule has 72 valence electrons. The van der Waals surface area contributed by atoms with Gasteiger partial charge in [0.25, 0.3) is 0 Å². The minimum atomic E-state index is -0.738. The fourth-order valence-corrected chi connectivity index (χ4v) is 1.32. The molecule has 1 saturated heterocycles. The number of ether oxygens (including phenoxy) is 1. The third kappa shape index (κ3) is 2.42. The molecule has 0 aliphatic carbocycles. The third-order valence-corrected chi connectivity index (χ3v) is 2.12. The van der Waals surface area contributed by atoms with E-state index in [1.807, 2.05) is 6.92 Å². The largest absolute Gasteiger partial charge is 0.390 e. The molecular weight excluding hydrogens is 158 g/mol. The lowest BCUT2D eigenvalue weighted by molar-refractivity contribution is -0.132. The van der Waals surface area contributed by atoms with Gasteiger partial charge in [0.1, 0.15) is 6.10 Å². The fraction of sp³-hybridized carbons (Fsp3) is 1.00. The second kappa shape index (κ2) is 4.77. The van der Waals surface area contributed by atoms with Gasteiger partial charge in [-0.05, 0) is 13.0 Å². The van der Waals surface area contributed by atoms with Gasteiger partial charge in [-0.2, -0.15) is 0 Å². The fourth-order valence-electron chi connectivity index (χ4n) is 1.32. The predicted molar refractivity (Wildman–Crippen MR) is 44.9 cm³/mol. The molecule has 4 nitrogen and oxygen atoms in total. The van der Waals surface area contributed by atoms with Crippen molar-refractivity contribution >= 4 is 0 Å².